The highest BCUT2D eigenvalue weighted by molar-refractivity contribution is 5.80. The monoisotopic (exact) mass is 267 g/mol. The number of imidazole rings is 1. The summed E-state index contributed by atoms with van der Waals surface area (Å²) in [5.74, 6) is -0.204. The summed E-state index contributed by atoms with van der Waals surface area (Å²) in [6, 6.07) is 0. The quantitative estimate of drug-likeness (QED) is 0.605. The number of rotatable bonds is 7. The number of ether oxygens (including phenoxy) is 1. The van der Waals surface area contributed by atoms with Gasteiger partial charge in [-0.3, -0.25) is 4.79 Å². The summed E-state index contributed by atoms with van der Waals surface area (Å²) in [7, 11) is 3.22. The van der Waals surface area contributed by atoms with E-state index in [0.29, 0.717) is 0 Å². The third-order valence-electron chi connectivity index (χ3n) is 3.86. The molecule has 0 aliphatic heterocycles. The molecule has 0 aromatic carbocycles. The van der Waals surface area contributed by atoms with Crippen LogP contribution in [-0.4, -0.2) is 35.2 Å². The summed E-state index contributed by atoms with van der Waals surface area (Å²) in [6.07, 6.45) is 4.62. The van der Waals surface area contributed by atoms with Gasteiger partial charge in [0.2, 0.25) is 0 Å². The predicted octanol–water partition coefficient (Wildman–Crippen LogP) is 1.82. The van der Waals surface area contributed by atoms with Gasteiger partial charge in [0, 0.05) is 12.2 Å². The van der Waals surface area contributed by atoms with Crippen LogP contribution in [0.5, 0.6) is 0 Å². The molecule has 0 aliphatic carbocycles. The lowest BCUT2D eigenvalue weighted by atomic mass is 9.95. The average Bonchev–Trinajstić information content (AvgIpc) is 2.74. The first-order valence-corrected chi connectivity index (χ1v) is 6.70. The highest BCUT2D eigenvalue weighted by Crippen LogP contribution is 2.16. The molecule has 0 fully saturated rings. The van der Waals surface area contributed by atoms with Crippen LogP contribution in [-0.2, 0) is 16.1 Å². The Morgan fingerprint density at radius 3 is 2.63 bits per heavy atom. The van der Waals surface area contributed by atoms with Crippen molar-refractivity contribution in [2.75, 3.05) is 14.2 Å². The topological polar surface area (TPSA) is 56.2 Å². The fraction of sp³-hybridized carbons (Fsp3) is 0.714. The molecular formula is C14H25N3O2. The molecule has 5 nitrogen and oxygen atoms in total. The molecule has 19 heavy (non-hydrogen) atoms. The van der Waals surface area contributed by atoms with Crippen LogP contribution in [0, 0.1) is 13.8 Å². The molecule has 1 heterocycles. The van der Waals surface area contributed by atoms with Gasteiger partial charge in [0.05, 0.1) is 19.1 Å². The first-order valence-electron chi connectivity index (χ1n) is 6.70. The van der Waals surface area contributed by atoms with E-state index in [1.54, 1.807) is 7.05 Å². The normalized spacial score (nSPS) is 14.2. The zero-order valence-electron chi connectivity index (χ0n) is 12.6. The molecule has 1 atom stereocenters. The number of hydrogen-bond acceptors (Lipinski definition) is 4. The van der Waals surface area contributed by atoms with Gasteiger partial charge in [0.15, 0.2) is 0 Å². The number of aryl methyl sites for hydroxylation is 2. The van der Waals surface area contributed by atoms with Crippen LogP contribution in [0.25, 0.3) is 0 Å². The van der Waals surface area contributed by atoms with Gasteiger partial charge in [0.25, 0.3) is 0 Å². The lowest BCUT2D eigenvalue weighted by Gasteiger charge is -2.26. The van der Waals surface area contributed by atoms with Crippen molar-refractivity contribution < 1.29 is 9.53 Å². The van der Waals surface area contributed by atoms with Crippen LogP contribution >= 0.6 is 0 Å². The number of hydrogen-bond donors (Lipinski definition) is 1. The van der Waals surface area contributed by atoms with E-state index in [4.69, 9.17) is 4.74 Å². The van der Waals surface area contributed by atoms with Gasteiger partial charge in [-0.1, -0.05) is 0 Å². The third-order valence-corrected chi connectivity index (χ3v) is 3.86. The molecular weight excluding hydrogens is 242 g/mol. The van der Waals surface area contributed by atoms with E-state index in [-0.39, 0.29) is 5.97 Å². The number of esters is 1. The molecule has 1 N–H and O–H groups in total. The smallest absolute Gasteiger partial charge is 0.325 e. The summed E-state index contributed by atoms with van der Waals surface area (Å²) in [4.78, 5) is 16.0. The van der Waals surface area contributed by atoms with Gasteiger partial charge in [-0.15, -0.1) is 0 Å². The average molecular weight is 267 g/mol. The Hall–Kier alpha value is -1.36. The minimum absolute atomic E-state index is 0.204. The number of likely N-dealkylation sites (N-methyl/N-ethyl adjacent to an activating group) is 1. The molecule has 0 aliphatic rings. The number of nitrogens with one attached hydrogen (secondary N) is 1. The number of carbonyl (C=O) groups is 1. The van der Waals surface area contributed by atoms with Crippen LogP contribution in [0.4, 0.5) is 0 Å². The van der Waals surface area contributed by atoms with Crippen LogP contribution in [0.1, 0.15) is 37.6 Å². The Morgan fingerprint density at radius 1 is 1.47 bits per heavy atom. The molecule has 0 radical (unpaired) electrons. The van der Waals surface area contributed by atoms with Crippen molar-refractivity contribution in [2.45, 2.75) is 52.1 Å². The molecule has 108 valence electrons. The van der Waals surface area contributed by atoms with Crippen LogP contribution in [0.15, 0.2) is 6.33 Å². The summed E-state index contributed by atoms with van der Waals surface area (Å²) in [5, 5.41) is 3.05. The maximum atomic E-state index is 11.7. The largest absolute Gasteiger partial charge is 0.468 e. The molecule has 1 unspecified atom stereocenters. The van der Waals surface area contributed by atoms with Gasteiger partial charge < -0.3 is 14.6 Å². The van der Waals surface area contributed by atoms with E-state index in [0.717, 1.165) is 31.5 Å². The predicted molar refractivity (Wildman–Crippen MR) is 75.0 cm³/mol. The molecule has 1 aromatic heterocycles. The molecule has 0 saturated heterocycles. The van der Waals surface area contributed by atoms with E-state index in [2.05, 4.69) is 21.8 Å². The summed E-state index contributed by atoms with van der Waals surface area (Å²) < 4.78 is 6.98. The van der Waals surface area contributed by atoms with Crippen molar-refractivity contribution >= 4 is 5.97 Å². The number of carbonyl (C=O) groups excluding carboxylic acids is 1. The number of unbranched alkanes of at least 4 members (excludes halogenated alkanes) is 1. The van der Waals surface area contributed by atoms with E-state index in [1.807, 2.05) is 20.2 Å². The van der Waals surface area contributed by atoms with Gasteiger partial charge >= 0.3 is 5.97 Å². The Morgan fingerprint density at radius 2 is 2.16 bits per heavy atom. The minimum Gasteiger partial charge on any atom is -0.468 e. The molecule has 0 saturated carbocycles. The van der Waals surface area contributed by atoms with E-state index >= 15 is 0 Å². The molecule has 0 spiro atoms. The zero-order valence-corrected chi connectivity index (χ0v) is 12.6. The zero-order chi connectivity index (χ0) is 14.5. The molecule has 0 amide bonds. The molecule has 1 aromatic rings. The number of nitrogens with zero attached hydrogens (tertiary/aromatic N) is 2. The van der Waals surface area contributed by atoms with Crippen LogP contribution in [0.3, 0.4) is 0 Å². The van der Waals surface area contributed by atoms with Crippen LogP contribution < -0.4 is 5.32 Å². The van der Waals surface area contributed by atoms with Crippen molar-refractivity contribution in [1.82, 2.24) is 14.9 Å². The number of methoxy groups -OCH3 is 1. The highest BCUT2D eigenvalue weighted by atomic mass is 16.5. The summed E-state index contributed by atoms with van der Waals surface area (Å²) in [6.45, 7) is 6.91. The Labute approximate surface area is 115 Å². The maximum absolute atomic E-state index is 11.7. The first-order chi connectivity index (χ1) is 8.94. The van der Waals surface area contributed by atoms with Crippen molar-refractivity contribution in [2.24, 2.45) is 0 Å². The van der Waals surface area contributed by atoms with Crippen LogP contribution in [0.2, 0.25) is 0 Å². The van der Waals surface area contributed by atoms with Gasteiger partial charge in [-0.25, -0.2) is 4.98 Å². The fourth-order valence-electron chi connectivity index (χ4n) is 2.08. The second-order valence-electron chi connectivity index (χ2n) is 5.14. The SMILES string of the molecule is CNC(C)(CCCCn1cnc(C)c1C)C(=O)OC. The second-order valence-corrected chi connectivity index (χ2v) is 5.14. The lowest BCUT2D eigenvalue weighted by molar-refractivity contribution is -0.148. The van der Waals surface area contributed by atoms with Crippen molar-refractivity contribution in [3.63, 3.8) is 0 Å². The van der Waals surface area contributed by atoms with Gasteiger partial charge in [-0.05, 0) is 47.1 Å². The van der Waals surface area contributed by atoms with E-state index in [9.17, 15) is 4.79 Å². The fourth-order valence-corrected chi connectivity index (χ4v) is 2.08. The molecule has 0 bridgehead atoms. The lowest BCUT2D eigenvalue weighted by Crippen LogP contribution is -2.48. The minimum atomic E-state index is -0.589. The Balaban J connectivity index is 2.42. The third kappa shape index (κ3) is 3.80. The maximum Gasteiger partial charge on any atom is 0.325 e. The standard InChI is InChI=1S/C14H25N3O2/c1-11-12(2)17(10-16-11)9-7-6-8-14(3,15-4)13(18)19-5/h10,15H,6-9H2,1-5H3. The Bertz CT molecular complexity index is 428. The van der Waals surface area contributed by atoms with Crippen molar-refractivity contribution in [3.05, 3.63) is 17.7 Å². The summed E-state index contributed by atoms with van der Waals surface area (Å²) in [5.41, 5.74) is 1.70. The van der Waals surface area contributed by atoms with Crippen molar-refractivity contribution in [1.29, 1.82) is 0 Å². The van der Waals surface area contributed by atoms with E-state index < -0.39 is 5.54 Å². The Kier molecular flexibility index (Phi) is 5.54. The molecule has 1 rings (SSSR count). The molecule has 5 heteroatoms. The highest BCUT2D eigenvalue weighted by Gasteiger charge is 2.31. The van der Waals surface area contributed by atoms with Crippen molar-refractivity contribution in [3.8, 4) is 0 Å². The first kappa shape index (κ1) is 15.7. The van der Waals surface area contributed by atoms with E-state index in [1.165, 1.54) is 12.8 Å². The summed E-state index contributed by atoms with van der Waals surface area (Å²) >= 11 is 0. The van der Waals surface area contributed by atoms with Gasteiger partial charge in [0.1, 0.15) is 5.54 Å². The van der Waals surface area contributed by atoms with Gasteiger partial charge in [-0.2, -0.15) is 0 Å². The number of aromatic nitrogens is 2. The second kappa shape index (κ2) is 6.70.